The third-order valence-electron chi connectivity index (χ3n) is 2.91. The van der Waals surface area contributed by atoms with Gasteiger partial charge >= 0.3 is 0 Å². The molecule has 1 heterocycles. The fourth-order valence-electron chi connectivity index (χ4n) is 1.96. The summed E-state index contributed by atoms with van der Waals surface area (Å²) in [5.74, 6) is 1.68. The van der Waals surface area contributed by atoms with Crippen LogP contribution in [0, 0.1) is 0 Å². The molecule has 0 amide bonds. The highest BCUT2D eigenvalue weighted by molar-refractivity contribution is 7.09. The van der Waals surface area contributed by atoms with Gasteiger partial charge in [0.05, 0.1) is 17.0 Å². The molecule has 0 aliphatic carbocycles. The van der Waals surface area contributed by atoms with E-state index in [0.717, 1.165) is 34.8 Å². The van der Waals surface area contributed by atoms with Crippen LogP contribution < -0.4 is 15.2 Å². The van der Waals surface area contributed by atoms with Crippen LogP contribution in [0.4, 0.5) is 0 Å². The number of nitrogens with zero attached hydrogens (tertiary/aromatic N) is 1. The van der Waals surface area contributed by atoms with Crippen LogP contribution in [-0.4, -0.2) is 17.6 Å². The Kier molecular flexibility index (Phi) is 6.02. The lowest BCUT2D eigenvalue weighted by molar-refractivity contribution is 0.294. The topological polar surface area (TPSA) is 57.4 Å². The first-order valence-corrected chi connectivity index (χ1v) is 8.08. The van der Waals surface area contributed by atoms with Gasteiger partial charge in [0.25, 0.3) is 0 Å². The maximum Gasteiger partial charge on any atom is 0.126 e. The third-order valence-corrected chi connectivity index (χ3v) is 3.66. The highest BCUT2D eigenvalue weighted by atomic mass is 32.1. The van der Waals surface area contributed by atoms with Crippen LogP contribution in [0.3, 0.4) is 0 Å². The third kappa shape index (κ3) is 5.02. The molecule has 0 spiro atoms. The number of hydrogen-bond acceptors (Lipinski definition) is 5. The highest BCUT2D eigenvalue weighted by Crippen LogP contribution is 2.27. The number of hydrogen-bond donors (Lipinski definition) is 1. The molecule has 2 aromatic rings. The molecule has 0 bridgehead atoms. The van der Waals surface area contributed by atoms with Crippen LogP contribution in [0.25, 0.3) is 0 Å². The minimum absolute atomic E-state index is 0.0955. The van der Waals surface area contributed by atoms with Gasteiger partial charge in [-0.1, -0.05) is 13.0 Å². The SMILES string of the molecule is CCCOc1ccc(CC(C)N)c(OCc2cncs2)c1. The van der Waals surface area contributed by atoms with Crippen LogP contribution in [0.5, 0.6) is 11.5 Å². The average molecular weight is 306 g/mol. The molecular weight excluding hydrogens is 284 g/mol. The van der Waals surface area contributed by atoms with Gasteiger partial charge in [0.2, 0.25) is 0 Å². The van der Waals surface area contributed by atoms with Gasteiger partial charge in [-0.2, -0.15) is 0 Å². The predicted octanol–water partition coefficient (Wildman–Crippen LogP) is 3.40. The lowest BCUT2D eigenvalue weighted by atomic mass is 10.1. The van der Waals surface area contributed by atoms with Crippen molar-refractivity contribution in [3.05, 3.63) is 40.3 Å². The second-order valence-electron chi connectivity index (χ2n) is 5.06. The van der Waals surface area contributed by atoms with Crippen LogP contribution in [0.2, 0.25) is 0 Å². The number of rotatable bonds is 8. The van der Waals surface area contributed by atoms with E-state index in [4.69, 9.17) is 15.2 Å². The van der Waals surface area contributed by atoms with Crippen molar-refractivity contribution in [1.82, 2.24) is 4.98 Å². The van der Waals surface area contributed by atoms with Gasteiger partial charge in [-0.25, -0.2) is 0 Å². The van der Waals surface area contributed by atoms with E-state index in [0.29, 0.717) is 13.2 Å². The van der Waals surface area contributed by atoms with Crippen molar-refractivity contribution in [1.29, 1.82) is 0 Å². The lowest BCUT2D eigenvalue weighted by Gasteiger charge is -2.14. The van der Waals surface area contributed by atoms with Gasteiger partial charge in [-0.15, -0.1) is 11.3 Å². The largest absolute Gasteiger partial charge is 0.493 e. The smallest absolute Gasteiger partial charge is 0.126 e. The molecule has 0 fully saturated rings. The normalized spacial score (nSPS) is 12.1. The van der Waals surface area contributed by atoms with Crippen molar-refractivity contribution in [2.75, 3.05) is 6.61 Å². The van der Waals surface area contributed by atoms with E-state index in [1.165, 1.54) is 0 Å². The molecule has 4 nitrogen and oxygen atoms in total. The molecule has 0 saturated heterocycles. The summed E-state index contributed by atoms with van der Waals surface area (Å²) in [6.45, 7) is 5.31. The van der Waals surface area contributed by atoms with Crippen LogP contribution in [-0.2, 0) is 13.0 Å². The Balaban J connectivity index is 2.11. The first-order chi connectivity index (χ1) is 10.2. The first kappa shape index (κ1) is 15.8. The molecule has 1 unspecified atom stereocenters. The first-order valence-electron chi connectivity index (χ1n) is 7.20. The molecule has 2 N–H and O–H groups in total. The van der Waals surface area contributed by atoms with Crippen molar-refractivity contribution >= 4 is 11.3 Å². The quantitative estimate of drug-likeness (QED) is 0.812. The summed E-state index contributed by atoms with van der Waals surface area (Å²) in [5.41, 5.74) is 8.83. The fraction of sp³-hybridized carbons (Fsp3) is 0.438. The van der Waals surface area contributed by atoms with E-state index in [-0.39, 0.29) is 6.04 Å². The molecule has 2 rings (SSSR count). The molecule has 0 radical (unpaired) electrons. The summed E-state index contributed by atoms with van der Waals surface area (Å²) < 4.78 is 11.6. The molecular formula is C16H22N2O2S. The van der Waals surface area contributed by atoms with Crippen molar-refractivity contribution in [2.45, 2.75) is 39.3 Å². The molecule has 21 heavy (non-hydrogen) atoms. The number of thiazole rings is 1. The van der Waals surface area contributed by atoms with Crippen molar-refractivity contribution in [3.8, 4) is 11.5 Å². The molecule has 0 saturated carbocycles. The Morgan fingerprint density at radius 3 is 2.86 bits per heavy atom. The summed E-state index contributed by atoms with van der Waals surface area (Å²) in [6, 6.07) is 6.07. The van der Waals surface area contributed by atoms with Gasteiger partial charge < -0.3 is 15.2 Å². The van der Waals surface area contributed by atoms with Gasteiger partial charge in [-0.3, -0.25) is 4.98 Å². The minimum atomic E-state index is 0.0955. The van der Waals surface area contributed by atoms with E-state index in [9.17, 15) is 0 Å². The van der Waals surface area contributed by atoms with E-state index in [2.05, 4.69) is 11.9 Å². The zero-order valence-electron chi connectivity index (χ0n) is 12.5. The number of aromatic nitrogens is 1. The van der Waals surface area contributed by atoms with Gasteiger partial charge in [0, 0.05) is 18.3 Å². The Bertz CT molecular complexity index is 541. The number of ether oxygens (including phenoxy) is 2. The van der Waals surface area contributed by atoms with E-state index < -0.39 is 0 Å². The molecule has 1 aromatic carbocycles. The van der Waals surface area contributed by atoms with Crippen LogP contribution in [0.1, 0.15) is 30.7 Å². The zero-order chi connectivity index (χ0) is 15.1. The lowest BCUT2D eigenvalue weighted by Crippen LogP contribution is -2.18. The van der Waals surface area contributed by atoms with E-state index >= 15 is 0 Å². The Morgan fingerprint density at radius 2 is 2.19 bits per heavy atom. The van der Waals surface area contributed by atoms with E-state index in [1.54, 1.807) is 11.3 Å². The van der Waals surface area contributed by atoms with Crippen LogP contribution >= 0.6 is 11.3 Å². The second kappa shape index (κ2) is 8.00. The molecule has 114 valence electrons. The maximum atomic E-state index is 5.94. The van der Waals surface area contributed by atoms with Crippen molar-refractivity contribution in [3.63, 3.8) is 0 Å². The number of nitrogens with two attached hydrogens (primary N) is 1. The summed E-state index contributed by atoms with van der Waals surface area (Å²) in [4.78, 5) is 5.16. The zero-order valence-corrected chi connectivity index (χ0v) is 13.4. The second-order valence-corrected chi connectivity index (χ2v) is 6.03. The molecule has 0 aliphatic heterocycles. The minimum Gasteiger partial charge on any atom is -0.493 e. The fourth-order valence-corrected chi connectivity index (χ4v) is 2.46. The highest BCUT2D eigenvalue weighted by Gasteiger charge is 2.09. The monoisotopic (exact) mass is 306 g/mol. The summed E-state index contributed by atoms with van der Waals surface area (Å²) in [7, 11) is 0. The molecule has 1 atom stereocenters. The Labute approximate surface area is 129 Å². The molecule has 5 heteroatoms. The predicted molar refractivity (Wildman–Crippen MR) is 86.0 cm³/mol. The number of benzene rings is 1. The Hall–Kier alpha value is -1.59. The van der Waals surface area contributed by atoms with Gasteiger partial charge in [-0.05, 0) is 31.4 Å². The molecule has 0 aliphatic rings. The molecule has 1 aromatic heterocycles. The standard InChI is InChI=1S/C16H22N2O2S/c1-3-6-19-14-5-4-13(7-12(2)17)16(8-14)20-10-15-9-18-11-21-15/h4-5,8-9,11-12H,3,6-7,10,17H2,1-2H3. The Morgan fingerprint density at radius 1 is 1.33 bits per heavy atom. The summed E-state index contributed by atoms with van der Waals surface area (Å²) in [5, 5.41) is 0. The van der Waals surface area contributed by atoms with Gasteiger partial charge in [0.1, 0.15) is 18.1 Å². The van der Waals surface area contributed by atoms with Crippen LogP contribution in [0.15, 0.2) is 29.9 Å². The average Bonchev–Trinajstić information content (AvgIpc) is 2.97. The maximum absolute atomic E-state index is 5.94. The summed E-state index contributed by atoms with van der Waals surface area (Å²) in [6.07, 6.45) is 3.60. The van der Waals surface area contributed by atoms with E-state index in [1.807, 2.05) is 36.8 Å². The summed E-state index contributed by atoms with van der Waals surface area (Å²) >= 11 is 1.59. The van der Waals surface area contributed by atoms with Crippen molar-refractivity contribution < 1.29 is 9.47 Å². The van der Waals surface area contributed by atoms with Crippen molar-refractivity contribution in [2.24, 2.45) is 5.73 Å². The van der Waals surface area contributed by atoms with Gasteiger partial charge in [0.15, 0.2) is 0 Å².